The van der Waals surface area contributed by atoms with Crippen molar-refractivity contribution >= 4 is 11.6 Å². The van der Waals surface area contributed by atoms with Crippen LogP contribution < -0.4 is 4.74 Å². The molecule has 0 saturated heterocycles. The Hall–Kier alpha value is -1.54. The van der Waals surface area contributed by atoms with Gasteiger partial charge in [-0.3, -0.25) is 0 Å². The number of hydrogen-bond acceptors (Lipinski definition) is 1. The molecule has 0 fully saturated rings. The number of ether oxygens (including phenoxy) is 1. The highest BCUT2D eigenvalue weighted by atomic mass is 35.5. The van der Waals surface area contributed by atoms with Crippen molar-refractivity contribution in [2.75, 3.05) is 7.11 Å². The second-order valence-corrected chi connectivity index (χ2v) is 5.51. The highest BCUT2D eigenvalue weighted by Gasteiger charge is 2.12. The minimum absolute atomic E-state index is 0.240. The topological polar surface area (TPSA) is 9.23 Å². The van der Waals surface area contributed by atoms with Crippen LogP contribution in [0.4, 0.5) is 4.39 Å². The largest absolute Gasteiger partial charge is 0.494 e. The smallest absolute Gasteiger partial charge is 0.165 e. The van der Waals surface area contributed by atoms with Gasteiger partial charge in [-0.1, -0.05) is 24.3 Å². The Kier molecular flexibility index (Phi) is 4.66. The molecule has 20 heavy (non-hydrogen) atoms. The van der Waals surface area contributed by atoms with Crippen LogP contribution in [0.25, 0.3) is 0 Å². The molecule has 2 aromatic carbocycles. The van der Waals surface area contributed by atoms with Gasteiger partial charge in [0.1, 0.15) is 0 Å². The van der Waals surface area contributed by atoms with Gasteiger partial charge in [-0.05, 0) is 54.7 Å². The number of halogens is 2. The van der Waals surface area contributed by atoms with E-state index in [1.54, 1.807) is 12.1 Å². The number of methoxy groups -OCH3 is 1. The summed E-state index contributed by atoms with van der Waals surface area (Å²) in [6.07, 6.45) is 0.675. The van der Waals surface area contributed by atoms with Crippen LogP contribution in [0.3, 0.4) is 0 Å². The molecule has 3 heteroatoms. The lowest BCUT2D eigenvalue weighted by Gasteiger charge is -2.12. The van der Waals surface area contributed by atoms with E-state index in [4.69, 9.17) is 16.3 Å². The SMILES string of the molecule is COc1ccc(C(Cl)Cc2ccc(C)c(C)c2)cc1F. The van der Waals surface area contributed by atoms with Gasteiger partial charge in [0.2, 0.25) is 0 Å². The fourth-order valence-electron chi connectivity index (χ4n) is 2.13. The monoisotopic (exact) mass is 292 g/mol. The number of rotatable bonds is 4. The maximum atomic E-state index is 13.7. The van der Waals surface area contributed by atoms with Gasteiger partial charge in [-0.15, -0.1) is 11.6 Å². The van der Waals surface area contributed by atoms with Crippen LogP contribution in [0.5, 0.6) is 5.75 Å². The first kappa shape index (κ1) is 14.9. The zero-order valence-electron chi connectivity index (χ0n) is 11.9. The van der Waals surface area contributed by atoms with Gasteiger partial charge < -0.3 is 4.74 Å². The molecular formula is C17H18ClFO. The summed E-state index contributed by atoms with van der Waals surface area (Å²) < 4.78 is 18.6. The Morgan fingerprint density at radius 3 is 2.45 bits per heavy atom. The lowest BCUT2D eigenvalue weighted by atomic mass is 10.00. The Bertz CT molecular complexity index is 610. The van der Waals surface area contributed by atoms with Crippen molar-refractivity contribution < 1.29 is 9.13 Å². The molecule has 0 bridgehead atoms. The van der Waals surface area contributed by atoms with Crippen molar-refractivity contribution in [1.29, 1.82) is 0 Å². The van der Waals surface area contributed by atoms with Crippen LogP contribution in [-0.2, 0) is 6.42 Å². The van der Waals surface area contributed by atoms with E-state index in [0.29, 0.717) is 6.42 Å². The molecule has 0 heterocycles. The third-order valence-corrected chi connectivity index (χ3v) is 3.93. The zero-order valence-corrected chi connectivity index (χ0v) is 12.7. The van der Waals surface area contributed by atoms with Crippen LogP contribution >= 0.6 is 11.6 Å². The maximum Gasteiger partial charge on any atom is 0.165 e. The summed E-state index contributed by atoms with van der Waals surface area (Å²) in [4.78, 5) is 0. The first-order valence-corrected chi connectivity index (χ1v) is 6.98. The normalized spacial score (nSPS) is 12.2. The molecule has 1 unspecified atom stereocenters. The lowest BCUT2D eigenvalue weighted by molar-refractivity contribution is 0.386. The summed E-state index contributed by atoms with van der Waals surface area (Å²) in [5.41, 5.74) is 4.43. The molecule has 0 aromatic heterocycles. The Morgan fingerprint density at radius 2 is 1.85 bits per heavy atom. The van der Waals surface area contributed by atoms with Crippen LogP contribution in [-0.4, -0.2) is 7.11 Å². The highest BCUT2D eigenvalue weighted by Crippen LogP contribution is 2.29. The summed E-state index contributed by atoms with van der Waals surface area (Å²) in [6.45, 7) is 4.16. The van der Waals surface area contributed by atoms with E-state index in [2.05, 4.69) is 32.0 Å². The van der Waals surface area contributed by atoms with E-state index in [1.807, 2.05) is 0 Å². The summed E-state index contributed by atoms with van der Waals surface area (Å²) in [6, 6.07) is 11.1. The molecular weight excluding hydrogens is 275 g/mol. The lowest BCUT2D eigenvalue weighted by Crippen LogP contribution is -1.98. The molecule has 0 N–H and O–H groups in total. The summed E-state index contributed by atoms with van der Waals surface area (Å²) in [5, 5.41) is -0.252. The summed E-state index contributed by atoms with van der Waals surface area (Å²) >= 11 is 6.39. The Labute approximate surface area is 124 Å². The third kappa shape index (κ3) is 3.31. The van der Waals surface area contributed by atoms with Gasteiger partial charge in [-0.25, -0.2) is 4.39 Å². The standard InChI is InChI=1S/C17H18ClFO/c1-11-4-5-13(8-12(11)2)9-15(18)14-6-7-17(20-3)16(19)10-14/h4-8,10,15H,9H2,1-3H3. The molecule has 2 rings (SSSR count). The van der Waals surface area contributed by atoms with E-state index in [1.165, 1.54) is 24.3 Å². The molecule has 0 saturated carbocycles. The van der Waals surface area contributed by atoms with E-state index in [0.717, 1.165) is 11.1 Å². The molecule has 1 nitrogen and oxygen atoms in total. The van der Waals surface area contributed by atoms with E-state index in [9.17, 15) is 4.39 Å². The second-order valence-electron chi connectivity index (χ2n) is 4.98. The predicted molar refractivity (Wildman–Crippen MR) is 81.2 cm³/mol. The summed E-state index contributed by atoms with van der Waals surface area (Å²) in [7, 11) is 1.45. The molecule has 0 aliphatic rings. The first-order chi connectivity index (χ1) is 9.51. The number of alkyl halides is 1. The molecule has 0 radical (unpaired) electrons. The molecule has 0 aliphatic carbocycles. The van der Waals surface area contributed by atoms with Gasteiger partial charge in [0.15, 0.2) is 11.6 Å². The van der Waals surface area contributed by atoms with Crippen LogP contribution in [0.2, 0.25) is 0 Å². The van der Waals surface area contributed by atoms with Crippen molar-refractivity contribution in [2.45, 2.75) is 25.6 Å². The van der Waals surface area contributed by atoms with Crippen LogP contribution in [0.15, 0.2) is 36.4 Å². The number of benzene rings is 2. The predicted octanol–water partition coefficient (Wildman–Crippen LogP) is 4.97. The first-order valence-electron chi connectivity index (χ1n) is 6.55. The van der Waals surface area contributed by atoms with Crippen molar-refractivity contribution in [3.8, 4) is 5.75 Å². The fourth-order valence-corrected chi connectivity index (χ4v) is 2.45. The zero-order chi connectivity index (χ0) is 14.7. The van der Waals surface area contributed by atoms with Gasteiger partial charge in [0.25, 0.3) is 0 Å². The van der Waals surface area contributed by atoms with Crippen molar-refractivity contribution in [3.05, 3.63) is 64.5 Å². The molecule has 0 spiro atoms. The quantitative estimate of drug-likeness (QED) is 0.723. The molecule has 0 amide bonds. The molecule has 0 aliphatic heterocycles. The van der Waals surface area contributed by atoms with Crippen molar-refractivity contribution in [3.63, 3.8) is 0 Å². The average molecular weight is 293 g/mol. The maximum absolute atomic E-state index is 13.7. The average Bonchev–Trinajstić information content (AvgIpc) is 2.42. The minimum Gasteiger partial charge on any atom is -0.494 e. The van der Waals surface area contributed by atoms with Crippen molar-refractivity contribution in [2.24, 2.45) is 0 Å². The summed E-state index contributed by atoms with van der Waals surface area (Å²) in [5.74, 6) is -0.139. The third-order valence-electron chi connectivity index (χ3n) is 3.52. The Morgan fingerprint density at radius 1 is 1.10 bits per heavy atom. The minimum atomic E-state index is -0.379. The van der Waals surface area contributed by atoms with Gasteiger partial charge in [0.05, 0.1) is 12.5 Å². The van der Waals surface area contributed by atoms with Gasteiger partial charge in [0, 0.05) is 0 Å². The Balaban J connectivity index is 2.17. The second kappa shape index (κ2) is 6.27. The molecule has 106 valence electrons. The van der Waals surface area contributed by atoms with Gasteiger partial charge >= 0.3 is 0 Å². The number of aryl methyl sites for hydroxylation is 2. The molecule has 1 atom stereocenters. The van der Waals surface area contributed by atoms with Crippen molar-refractivity contribution in [1.82, 2.24) is 0 Å². The fraction of sp³-hybridized carbons (Fsp3) is 0.294. The number of hydrogen-bond donors (Lipinski definition) is 0. The van der Waals surface area contributed by atoms with E-state index < -0.39 is 0 Å². The highest BCUT2D eigenvalue weighted by molar-refractivity contribution is 6.20. The van der Waals surface area contributed by atoms with Crippen LogP contribution in [0, 0.1) is 19.7 Å². The van der Waals surface area contributed by atoms with E-state index >= 15 is 0 Å². The molecule has 2 aromatic rings. The van der Waals surface area contributed by atoms with Crippen LogP contribution in [0.1, 0.15) is 27.6 Å². The van der Waals surface area contributed by atoms with Gasteiger partial charge in [-0.2, -0.15) is 0 Å². The van der Waals surface area contributed by atoms with E-state index in [-0.39, 0.29) is 16.9 Å².